The molecule has 0 saturated heterocycles. The highest BCUT2D eigenvalue weighted by atomic mass is 16.4. The number of carboxylic acid groups (broad SMARTS) is 1. The summed E-state index contributed by atoms with van der Waals surface area (Å²) in [5.74, 6) is -0.613. The molecule has 1 unspecified atom stereocenters. The molecule has 5 nitrogen and oxygen atoms in total. The molecule has 1 atom stereocenters. The topological polar surface area (TPSA) is 82.5 Å². The summed E-state index contributed by atoms with van der Waals surface area (Å²) in [6.45, 7) is 7.59. The van der Waals surface area contributed by atoms with Gasteiger partial charge in [-0.3, -0.25) is 0 Å². The Balaban J connectivity index is 3.22. The summed E-state index contributed by atoms with van der Waals surface area (Å²) in [4.78, 5) is 15.7. The van der Waals surface area contributed by atoms with Crippen LogP contribution in [0.15, 0.2) is 6.07 Å². The summed E-state index contributed by atoms with van der Waals surface area (Å²) in [6, 6.07) is 1.75. The molecule has 5 heteroatoms. The van der Waals surface area contributed by atoms with E-state index in [0.29, 0.717) is 17.8 Å². The van der Waals surface area contributed by atoms with Gasteiger partial charge in [0.15, 0.2) is 0 Å². The van der Waals surface area contributed by atoms with Crippen molar-refractivity contribution in [1.29, 1.82) is 0 Å². The molecule has 0 saturated carbocycles. The first kappa shape index (κ1) is 15.4. The number of hydrogen-bond donors (Lipinski definition) is 3. The maximum Gasteiger partial charge on any atom is 0.339 e. The third-order valence-corrected chi connectivity index (χ3v) is 3.42. The van der Waals surface area contributed by atoms with Crippen LogP contribution in [0.2, 0.25) is 0 Å². The van der Waals surface area contributed by atoms with Gasteiger partial charge in [-0.2, -0.15) is 0 Å². The van der Waals surface area contributed by atoms with Crippen LogP contribution in [0, 0.1) is 13.8 Å². The Hall–Kier alpha value is -1.62. The second-order valence-electron chi connectivity index (χ2n) is 5.12. The van der Waals surface area contributed by atoms with Gasteiger partial charge in [0.1, 0.15) is 11.4 Å². The van der Waals surface area contributed by atoms with Gasteiger partial charge in [0.2, 0.25) is 0 Å². The predicted molar refractivity (Wildman–Crippen MR) is 74.7 cm³/mol. The quantitative estimate of drug-likeness (QED) is 0.736. The van der Waals surface area contributed by atoms with Crippen molar-refractivity contribution >= 4 is 11.8 Å². The zero-order chi connectivity index (χ0) is 14.6. The number of aryl methyl sites for hydroxylation is 2. The van der Waals surface area contributed by atoms with Gasteiger partial charge in [0.25, 0.3) is 0 Å². The number of aromatic nitrogens is 1. The Labute approximate surface area is 113 Å². The van der Waals surface area contributed by atoms with Crippen molar-refractivity contribution in [2.75, 3.05) is 11.9 Å². The third-order valence-electron chi connectivity index (χ3n) is 3.42. The lowest BCUT2D eigenvalue weighted by atomic mass is 9.94. The summed E-state index contributed by atoms with van der Waals surface area (Å²) < 4.78 is 0. The fourth-order valence-electron chi connectivity index (χ4n) is 2.06. The first-order chi connectivity index (χ1) is 8.83. The molecule has 0 aromatic carbocycles. The van der Waals surface area contributed by atoms with E-state index in [9.17, 15) is 9.90 Å². The fourth-order valence-corrected chi connectivity index (χ4v) is 2.06. The van der Waals surface area contributed by atoms with Crippen LogP contribution >= 0.6 is 0 Å². The first-order valence-electron chi connectivity index (χ1n) is 6.43. The minimum Gasteiger partial charge on any atom is -0.478 e. The van der Waals surface area contributed by atoms with Gasteiger partial charge in [-0.1, -0.05) is 6.92 Å². The standard InChI is InChI=1S/C14H22N2O3/c1-5-14(4,6-7-17)16-12-11(13(18)19)9(2)8-10(3)15-12/h8,17H,5-7H2,1-4H3,(H,15,16)(H,18,19). The number of pyridine rings is 1. The highest BCUT2D eigenvalue weighted by Crippen LogP contribution is 2.25. The van der Waals surface area contributed by atoms with E-state index in [-0.39, 0.29) is 17.7 Å². The number of hydrogen-bond acceptors (Lipinski definition) is 4. The van der Waals surface area contributed by atoms with E-state index in [4.69, 9.17) is 5.11 Å². The molecule has 0 amide bonds. The lowest BCUT2D eigenvalue weighted by molar-refractivity contribution is 0.0696. The maximum atomic E-state index is 11.4. The Morgan fingerprint density at radius 3 is 2.58 bits per heavy atom. The highest BCUT2D eigenvalue weighted by molar-refractivity contribution is 5.95. The average molecular weight is 266 g/mol. The first-order valence-corrected chi connectivity index (χ1v) is 6.43. The van der Waals surface area contributed by atoms with E-state index >= 15 is 0 Å². The predicted octanol–water partition coefficient (Wildman–Crippen LogP) is 2.36. The van der Waals surface area contributed by atoms with Crippen LogP contribution in [0.3, 0.4) is 0 Å². The van der Waals surface area contributed by atoms with E-state index in [1.54, 1.807) is 13.0 Å². The van der Waals surface area contributed by atoms with Crippen LogP contribution in [0.5, 0.6) is 0 Å². The molecule has 1 aromatic rings. The van der Waals surface area contributed by atoms with Crippen LogP contribution in [0.4, 0.5) is 5.82 Å². The Bertz CT molecular complexity index is 474. The van der Waals surface area contributed by atoms with Crippen molar-refractivity contribution in [1.82, 2.24) is 4.98 Å². The highest BCUT2D eigenvalue weighted by Gasteiger charge is 2.25. The van der Waals surface area contributed by atoms with Crippen molar-refractivity contribution in [2.45, 2.75) is 46.1 Å². The molecule has 19 heavy (non-hydrogen) atoms. The lowest BCUT2D eigenvalue weighted by Crippen LogP contribution is -2.36. The number of anilines is 1. The summed E-state index contributed by atoms with van der Waals surface area (Å²) in [6.07, 6.45) is 1.30. The molecular weight excluding hydrogens is 244 g/mol. The van der Waals surface area contributed by atoms with Crippen molar-refractivity contribution in [3.8, 4) is 0 Å². The maximum absolute atomic E-state index is 11.4. The van der Waals surface area contributed by atoms with E-state index < -0.39 is 5.97 Å². The third kappa shape index (κ3) is 3.67. The van der Waals surface area contributed by atoms with Gasteiger partial charge < -0.3 is 15.5 Å². The van der Waals surface area contributed by atoms with Gasteiger partial charge in [0, 0.05) is 17.8 Å². The van der Waals surface area contributed by atoms with Gasteiger partial charge in [-0.15, -0.1) is 0 Å². The summed E-state index contributed by atoms with van der Waals surface area (Å²) in [5.41, 5.74) is 1.28. The monoisotopic (exact) mass is 266 g/mol. The van der Waals surface area contributed by atoms with Gasteiger partial charge in [0.05, 0.1) is 0 Å². The van der Waals surface area contributed by atoms with Crippen LogP contribution in [-0.2, 0) is 0 Å². The summed E-state index contributed by atoms with van der Waals surface area (Å²) in [5, 5.41) is 21.6. The SMILES string of the molecule is CCC(C)(CCO)Nc1nc(C)cc(C)c1C(=O)O. The zero-order valence-electron chi connectivity index (χ0n) is 11.9. The molecule has 0 radical (unpaired) electrons. The van der Waals surface area contributed by atoms with Crippen LogP contribution in [0.1, 0.15) is 48.3 Å². The number of rotatable bonds is 6. The Kier molecular flexibility index (Phi) is 4.89. The largest absolute Gasteiger partial charge is 0.478 e. The van der Waals surface area contributed by atoms with Crippen molar-refractivity contribution < 1.29 is 15.0 Å². The van der Waals surface area contributed by atoms with E-state index in [1.807, 2.05) is 20.8 Å². The van der Waals surface area contributed by atoms with Gasteiger partial charge >= 0.3 is 5.97 Å². The number of nitrogens with one attached hydrogen (secondary N) is 1. The van der Waals surface area contributed by atoms with Crippen molar-refractivity contribution in [2.24, 2.45) is 0 Å². The molecule has 1 heterocycles. The minimum atomic E-state index is -0.991. The molecule has 1 aromatic heterocycles. The molecule has 0 aliphatic rings. The fraction of sp³-hybridized carbons (Fsp3) is 0.571. The van der Waals surface area contributed by atoms with E-state index in [1.165, 1.54) is 0 Å². The molecule has 3 N–H and O–H groups in total. The minimum absolute atomic E-state index is 0.0462. The summed E-state index contributed by atoms with van der Waals surface area (Å²) >= 11 is 0. The molecule has 0 aliphatic carbocycles. The number of carboxylic acids is 1. The molecule has 0 spiro atoms. The molecule has 0 fully saturated rings. The van der Waals surface area contributed by atoms with Crippen molar-refractivity contribution in [3.05, 3.63) is 22.9 Å². The Morgan fingerprint density at radius 2 is 2.11 bits per heavy atom. The second kappa shape index (κ2) is 6.02. The number of aliphatic hydroxyl groups excluding tert-OH is 1. The van der Waals surface area contributed by atoms with Crippen molar-refractivity contribution in [3.63, 3.8) is 0 Å². The average Bonchev–Trinajstić information content (AvgIpc) is 2.27. The molecule has 106 valence electrons. The number of carbonyl (C=O) groups is 1. The molecular formula is C14H22N2O3. The molecule has 1 rings (SSSR count). The van der Waals surface area contributed by atoms with Crippen LogP contribution in [-0.4, -0.2) is 33.3 Å². The number of aromatic carboxylic acids is 1. The van der Waals surface area contributed by atoms with Gasteiger partial charge in [-0.25, -0.2) is 9.78 Å². The number of aliphatic hydroxyl groups is 1. The zero-order valence-corrected chi connectivity index (χ0v) is 11.9. The summed E-state index contributed by atoms with van der Waals surface area (Å²) in [7, 11) is 0. The normalized spacial score (nSPS) is 13.9. The van der Waals surface area contributed by atoms with Gasteiger partial charge in [-0.05, 0) is 45.2 Å². The van der Waals surface area contributed by atoms with Crippen LogP contribution in [0.25, 0.3) is 0 Å². The molecule has 0 bridgehead atoms. The molecule has 0 aliphatic heterocycles. The number of nitrogens with zero attached hydrogens (tertiary/aromatic N) is 1. The van der Waals surface area contributed by atoms with E-state index in [2.05, 4.69) is 10.3 Å². The van der Waals surface area contributed by atoms with Crippen LogP contribution < -0.4 is 5.32 Å². The Morgan fingerprint density at radius 1 is 1.47 bits per heavy atom. The smallest absolute Gasteiger partial charge is 0.339 e. The van der Waals surface area contributed by atoms with E-state index in [0.717, 1.165) is 12.1 Å². The lowest BCUT2D eigenvalue weighted by Gasteiger charge is -2.30. The second-order valence-corrected chi connectivity index (χ2v) is 5.12.